The predicted octanol–water partition coefficient (Wildman–Crippen LogP) is 2.82. The van der Waals surface area contributed by atoms with E-state index in [1.807, 2.05) is 6.92 Å². The molecule has 2 atom stereocenters. The molecule has 1 aromatic carbocycles. The molecule has 0 radical (unpaired) electrons. The molecule has 2 heterocycles. The van der Waals surface area contributed by atoms with Gasteiger partial charge in [-0.15, -0.1) is 4.36 Å². The molecule has 3 N–H and O–H groups in total. The number of fused-ring (bicyclic) bond motifs is 3. The van der Waals surface area contributed by atoms with Gasteiger partial charge in [0.15, 0.2) is 9.92 Å². The number of aryl methyl sites for hydroxylation is 2. The highest BCUT2D eigenvalue weighted by Gasteiger charge is 2.28. The fourth-order valence-electron chi connectivity index (χ4n) is 4.67. The summed E-state index contributed by atoms with van der Waals surface area (Å²) >= 11 is 0. The Balaban J connectivity index is 1.47. The number of nitrogens with one attached hydrogen (secondary N) is 1. The fourth-order valence-corrected chi connectivity index (χ4v) is 5.67. The number of urea groups is 1. The molecule has 8 nitrogen and oxygen atoms in total. The molecular weight excluding hydrogens is 390 g/mol. The van der Waals surface area contributed by atoms with Crippen molar-refractivity contribution in [2.45, 2.75) is 56.9 Å². The molecule has 2 amide bonds. The van der Waals surface area contributed by atoms with E-state index in [2.05, 4.69) is 20.8 Å². The third kappa shape index (κ3) is 3.22. The molecule has 0 fully saturated rings. The monoisotopic (exact) mass is 415 g/mol. The molecule has 29 heavy (non-hydrogen) atoms. The summed E-state index contributed by atoms with van der Waals surface area (Å²) in [7, 11) is -3.47. The number of hydrogen-bond donors (Lipinski definition) is 2. The van der Waals surface area contributed by atoms with E-state index >= 15 is 0 Å². The molecule has 0 unspecified atom stereocenters. The molecule has 154 valence electrons. The number of amides is 2. The Bertz CT molecular complexity index is 1100. The Kier molecular flexibility index (Phi) is 4.40. The predicted molar refractivity (Wildman–Crippen MR) is 109 cm³/mol. The zero-order valence-corrected chi connectivity index (χ0v) is 17.3. The molecule has 1 aliphatic heterocycles. The van der Waals surface area contributed by atoms with Crippen molar-refractivity contribution in [3.63, 3.8) is 0 Å². The second kappa shape index (κ2) is 6.84. The largest absolute Gasteiger partial charge is 0.477 e. The van der Waals surface area contributed by atoms with Gasteiger partial charge in [0, 0.05) is 11.6 Å². The number of nitrogens with two attached hydrogens (primary N) is 1. The Morgan fingerprint density at radius 1 is 1.28 bits per heavy atom. The minimum atomic E-state index is -3.47. The summed E-state index contributed by atoms with van der Waals surface area (Å²) in [6, 6.07) is 1.61. The maximum absolute atomic E-state index is 13.1. The van der Waals surface area contributed by atoms with Crippen LogP contribution in [-0.2, 0) is 42.1 Å². The van der Waals surface area contributed by atoms with Crippen LogP contribution < -0.4 is 15.2 Å². The molecule has 2 aliphatic carbocycles. The Labute approximate surface area is 170 Å². The van der Waals surface area contributed by atoms with E-state index in [1.54, 1.807) is 4.68 Å². The summed E-state index contributed by atoms with van der Waals surface area (Å²) in [6.07, 6.45) is 7.53. The van der Waals surface area contributed by atoms with Gasteiger partial charge in [-0.3, -0.25) is 0 Å². The number of ether oxygens (including phenoxy) is 1. The lowest BCUT2D eigenvalue weighted by atomic mass is 9.99. The van der Waals surface area contributed by atoms with Gasteiger partial charge in [0.05, 0.1) is 19.3 Å². The van der Waals surface area contributed by atoms with Gasteiger partial charge in [0.25, 0.3) is 0 Å². The zero-order chi connectivity index (χ0) is 20.2. The van der Waals surface area contributed by atoms with Crippen molar-refractivity contribution in [2.24, 2.45) is 15.4 Å². The first-order valence-corrected chi connectivity index (χ1v) is 11.7. The van der Waals surface area contributed by atoms with E-state index in [-0.39, 0.29) is 4.90 Å². The topological polar surface area (TPSA) is 112 Å². The smallest absolute Gasteiger partial charge is 0.354 e. The second-order valence-corrected chi connectivity index (χ2v) is 10.00. The molecule has 5 rings (SSSR count). The lowest BCUT2D eigenvalue weighted by Crippen LogP contribution is -2.25. The van der Waals surface area contributed by atoms with Crippen molar-refractivity contribution in [1.82, 2.24) is 9.78 Å². The SMILES string of the molecule is C[C@@H]1COc2c([S@](N)(=O)=NC(=O)Nc3c4c(cc5c3CCC5)CCC4)cnn2C1. The quantitative estimate of drug-likeness (QED) is 0.785. The van der Waals surface area contributed by atoms with Crippen LogP contribution in [0.2, 0.25) is 0 Å². The summed E-state index contributed by atoms with van der Waals surface area (Å²) in [6.45, 7) is 3.18. The van der Waals surface area contributed by atoms with Gasteiger partial charge in [-0.05, 0) is 60.8 Å². The molecule has 1 aromatic heterocycles. The van der Waals surface area contributed by atoms with Crippen LogP contribution in [0.5, 0.6) is 5.88 Å². The lowest BCUT2D eigenvalue weighted by molar-refractivity contribution is 0.171. The minimum absolute atomic E-state index is 0.170. The number of aromatic nitrogens is 2. The van der Waals surface area contributed by atoms with Gasteiger partial charge in [-0.25, -0.2) is 18.8 Å². The summed E-state index contributed by atoms with van der Waals surface area (Å²) in [5, 5.41) is 13.1. The minimum Gasteiger partial charge on any atom is -0.477 e. The molecule has 0 saturated heterocycles. The molecule has 2 aromatic rings. The number of carbonyl (C=O) groups is 1. The van der Waals surface area contributed by atoms with E-state index < -0.39 is 15.9 Å². The average Bonchev–Trinajstić information content (AvgIpc) is 3.39. The van der Waals surface area contributed by atoms with Gasteiger partial charge in [-0.1, -0.05) is 13.0 Å². The number of nitrogens with zero attached hydrogens (tertiary/aromatic N) is 3. The normalized spacial score (nSPS) is 21.5. The Morgan fingerprint density at radius 2 is 1.97 bits per heavy atom. The second-order valence-electron chi connectivity index (χ2n) is 8.24. The van der Waals surface area contributed by atoms with Gasteiger partial charge in [0.2, 0.25) is 5.88 Å². The average molecular weight is 416 g/mol. The standard InChI is InChI=1S/C20H25N5O3S/c1-12-10-25-19(28-11-12)17(9-22-25)29(21,27)24-20(26)23-18-15-6-2-4-13(15)8-14-5-3-7-16(14)18/h8-9,12H,2-7,10-11H2,1H3,(H3,21,23,24,26,27)/t12-,29+/m0/s1. The molecule has 0 saturated carbocycles. The zero-order valence-electron chi connectivity index (χ0n) is 16.4. The maximum Gasteiger partial charge on any atom is 0.354 e. The van der Waals surface area contributed by atoms with Crippen LogP contribution in [0, 0.1) is 5.92 Å². The van der Waals surface area contributed by atoms with Crippen LogP contribution in [0.4, 0.5) is 10.5 Å². The van der Waals surface area contributed by atoms with Crippen LogP contribution in [0.3, 0.4) is 0 Å². The molecule has 0 bridgehead atoms. The van der Waals surface area contributed by atoms with Crippen LogP contribution in [-0.4, -0.2) is 26.6 Å². The number of hydrogen-bond acceptors (Lipinski definition) is 4. The number of rotatable bonds is 2. The van der Waals surface area contributed by atoms with Crippen LogP contribution in [0.25, 0.3) is 0 Å². The number of benzene rings is 1. The van der Waals surface area contributed by atoms with Crippen molar-refractivity contribution < 1.29 is 13.7 Å². The fraction of sp³-hybridized carbons (Fsp3) is 0.500. The first-order chi connectivity index (χ1) is 13.9. The van der Waals surface area contributed by atoms with E-state index in [4.69, 9.17) is 9.88 Å². The van der Waals surface area contributed by atoms with Gasteiger partial charge in [-0.2, -0.15) is 5.10 Å². The van der Waals surface area contributed by atoms with Crippen LogP contribution in [0.1, 0.15) is 42.0 Å². The van der Waals surface area contributed by atoms with Gasteiger partial charge in [0.1, 0.15) is 4.90 Å². The Hall–Kier alpha value is -2.39. The van der Waals surface area contributed by atoms with E-state index in [0.717, 1.165) is 44.2 Å². The van der Waals surface area contributed by atoms with Crippen LogP contribution >= 0.6 is 0 Å². The molecule has 9 heteroatoms. The maximum atomic E-state index is 13.1. The van der Waals surface area contributed by atoms with Crippen molar-refractivity contribution in [3.05, 3.63) is 34.5 Å². The van der Waals surface area contributed by atoms with E-state index in [0.29, 0.717) is 24.9 Å². The van der Waals surface area contributed by atoms with Crippen molar-refractivity contribution in [1.29, 1.82) is 0 Å². The van der Waals surface area contributed by atoms with E-state index in [1.165, 1.54) is 28.5 Å². The molecule has 0 spiro atoms. The summed E-state index contributed by atoms with van der Waals surface area (Å²) < 4.78 is 24.2. The number of carbonyl (C=O) groups excluding carboxylic acids is 1. The highest BCUT2D eigenvalue weighted by Crippen LogP contribution is 2.38. The highest BCUT2D eigenvalue weighted by molar-refractivity contribution is 7.91. The molecule has 3 aliphatic rings. The van der Waals surface area contributed by atoms with E-state index in [9.17, 15) is 9.00 Å². The first kappa shape index (κ1) is 18.6. The van der Waals surface area contributed by atoms with Crippen LogP contribution in [0.15, 0.2) is 21.5 Å². The Morgan fingerprint density at radius 3 is 2.66 bits per heavy atom. The first-order valence-electron chi connectivity index (χ1n) is 10.1. The lowest BCUT2D eigenvalue weighted by Gasteiger charge is -2.21. The summed E-state index contributed by atoms with van der Waals surface area (Å²) in [4.78, 5) is 12.9. The van der Waals surface area contributed by atoms with Crippen molar-refractivity contribution in [2.75, 3.05) is 11.9 Å². The van der Waals surface area contributed by atoms with Crippen molar-refractivity contribution >= 4 is 21.6 Å². The van der Waals surface area contributed by atoms with Gasteiger partial charge < -0.3 is 10.1 Å². The number of anilines is 1. The summed E-state index contributed by atoms with van der Waals surface area (Å²) in [5.41, 5.74) is 5.86. The van der Waals surface area contributed by atoms with Crippen molar-refractivity contribution in [3.8, 4) is 5.88 Å². The summed E-state index contributed by atoms with van der Waals surface area (Å²) in [5.74, 6) is 0.639. The highest BCUT2D eigenvalue weighted by atomic mass is 32.2. The third-order valence-corrected chi connectivity index (χ3v) is 7.33. The molecular formula is C20H25N5O3S. The third-order valence-electron chi connectivity index (χ3n) is 5.99. The van der Waals surface area contributed by atoms with Gasteiger partial charge >= 0.3 is 6.03 Å².